The Morgan fingerprint density at radius 2 is 1.86 bits per heavy atom. The smallest absolute Gasteiger partial charge is 0.267 e. The molecule has 0 heterocycles. The Morgan fingerprint density at radius 3 is 2.45 bits per heavy atom. The van der Waals surface area contributed by atoms with Crippen LogP contribution < -0.4 is 10.0 Å². The van der Waals surface area contributed by atoms with E-state index in [1.807, 2.05) is 0 Å². The Morgan fingerprint density at radius 1 is 1.23 bits per heavy atom. The molecule has 0 bridgehead atoms. The van der Waals surface area contributed by atoms with Crippen LogP contribution >= 0.6 is 11.6 Å². The van der Waals surface area contributed by atoms with E-state index in [0.717, 1.165) is 16.4 Å². The molecule has 116 valence electrons. The lowest BCUT2D eigenvalue weighted by molar-refractivity contribution is 0.100. The largest absolute Gasteiger partial charge is 0.366 e. The summed E-state index contributed by atoms with van der Waals surface area (Å²) in [7, 11) is -2.99. The lowest BCUT2D eigenvalue weighted by atomic mass is 10.2. The monoisotopic (exact) mass is 342 g/mol. The number of halogens is 2. The van der Waals surface area contributed by atoms with Gasteiger partial charge in [-0.1, -0.05) is 23.7 Å². The minimum Gasteiger partial charge on any atom is -0.366 e. The highest BCUT2D eigenvalue weighted by atomic mass is 35.5. The highest BCUT2D eigenvalue weighted by Crippen LogP contribution is 2.27. The van der Waals surface area contributed by atoms with Crippen LogP contribution in [0.3, 0.4) is 0 Å². The van der Waals surface area contributed by atoms with Gasteiger partial charge in [0, 0.05) is 12.1 Å². The maximum absolute atomic E-state index is 13.9. The third kappa shape index (κ3) is 2.90. The minimum atomic E-state index is -4.20. The summed E-state index contributed by atoms with van der Waals surface area (Å²) in [4.78, 5) is 10.9. The molecule has 0 aromatic heterocycles. The van der Waals surface area contributed by atoms with Crippen LogP contribution in [-0.4, -0.2) is 21.4 Å². The van der Waals surface area contributed by atoms with E-state index >= 15 is 0 Å². The van der Waals surface area contributed by atoms with Crippen molar-refractivity contribution in [3.05, 3.63) is 58.9 Å². The van der Waals surface area contributed by atoms with Crippen molar-refractivity contribution in [2.75, 3.05) is 11.4 Å². The molecule has 22 heavy (non-hydrogen) atoms. The van der Waals surface area contributed by atoms with Gasteiger partial charge in [-0.2, -0.15) is 0 Å². The van der Waals surface area contributed by atoms with E-state index in [-0.39, 0.29) is 16.3 Å². The van der Waals surface area contributed by atoms with Crippen LogP contribution in [0.2, 0.25) is 5.02 Å². The summed E-state index contributed by atoms with van der Waals surface area (Å²) in [5.74, 6) is -1.76. The SMILES string of the molecule is CN(c1ccccc1C(N)=O)S(=O)(=O)c1ccc(Cl)cc1F. The second-order valence-electron chi connectivity index (χ2n) is 4.43. The van der Waals surface area contributed by atoms with Crippen LogP contribution in [0, 0.1) is 5.82 Å². The first kappa shape index (κ1) is 16.3. The molecule has 5 nitrogen and oxygen atoms in total. The fourth-order valence-corrected chi connectivity index (χ4v) is 3.34. The van der Waals surface area contributed by atoms with E-state index < -0.39 is 26.6 Å². The molecule has 2 rings (SSSR count). The van der Waals surface area contributed by atoms with Gasteiger partial charge >= 0.3 is 0 Å². The number of para-hydroxylation sites is 1. The van der Waals surface area contributed by atoms with Crippen LogP contribution in [0.25, 0.3) is 0 Å². The van der Waals surface area contributed by atoms with Gasteiger partial charge in [-0.3, -0.25) is 9.10 Å². The zero-order valence-electron chi connectivity index (χ0n) is 11.5. The zero-order chi connectivity index (χ0) is 16.5. The Bertz CT molecular complexity index is 840. The first-order valence-corrected chi connectivity index (χ1v) is 7.90. The van der Waals surface area contributed by atoms with E-state index in [9.17, 15) is 17.6 Å². The number of sulfonamides is 1. The predicted molar refractivity (Wildman–Crippen MR) is 82.0 cm³/mol. The lowest BCUT2D eigenvalue weighted by Crippen LogP contribution is -2.29. The standard InChI is InChI=1S/C14H12ClFN2O3S/c1-18(12-5-3-2-4-10(12)14(17)19)22(20,21)13-7-6-9(15)8-11(13)16/h2-8H,1H3,(H2,17,19). The highest BCUT2D eigenvalue weighted by molar-refractivity contribution is 7.92. The van der Waals surface area contributed by atoms with Crippen molar-refractivity contribution in [3.8, 4) is 0 Å². The lowest BCUT2D eigenvalue weighted by Gasteiger charge is -2.21. The summed E-state index contributed by atoms with van der Waals surface area (Å²) in [6.07, 6.45) is 0. The molecule has 2 N–H and O–H groups in total. The molecule has 8 heteroatoms. The molecular formula is C14H12ClFN2O3S. The summed E-state index contributed by atoms with van der Waals surface area (Å²) in [5, 5.41) is 0.0802. The van der Waals surface area contributed by atoms with Gasteiger partial charge < -0.3 is 5.73 Å². The number of hydrogen-bond donors (Lipinski definition) is 1. The van der Waals surface area contributed by atoms with Crippen LogP contribution in [0.4, 0.5) is 10.1 Å². The summed E-state index contributed by atoms with van der Waals surface area (Å²) in [5.41, 5.74) is 5.31. The van der Waals surface area contributed by atoms with E-state index in [2.05, 4.69) is 0 Å². The van der Waals surface area contributed by atoms with Gasteiger partial charge in [0.25, 0.3) is 15.9 Å². The van der Waals surface area contributed by atoms with Crippen molar-refractivity contribution in [2.24, 2.45) is 5.73 Å². The fourth-order valence-electron chi connectivity index (χ4n) is 1.92. The maximum atomic E-state index is 13.9. The third-order valence-electron chi connectivity index (χ3n) is 3.04. The Balaban J connectivity index is 2.57. The number of nitrogens with zero attached hydrogens (tertiary/aromatic N) is 1. The minimum absolute atomic E-state index is 0.0166. The van der Waals surface area contributed by atoms with Crippen LogP contribution in [0.15, 0.2) is 47.4 Å². The second kappa shape index (κ2) is 5.94. The topological polar surface area (TPSA) is 80.5 Å². The molecule has 0 aliphatic carbocycles. The highest BCUT2D eigenvalue weighted by Gasteiger charge is 2.27. The number of benzene rings is 2. The third-order valence-corrected chi connectivity index (χ3v) is 5.08. The summed E-state index contributed by atoms with van der Waals surface area (Å²) in [6, 6.07) is 9.14. The van der Waals surface area contributed by atoms with E-state index in [1.54, 1.807) is 12.1 Å². The summed E-state index contributed by atoms with van der Waals surface area (Å²) < 4.78 is 39.8. The number of rotatable bonds is 4. The molecule has 0 unspecified atom stereocenters. The fraction of sp³-hybridized carbons (Fsp3) is 0.0714. The number of carbonyl (C=O) groups excluding carboxylic acids is 1. The average Bonchev–Trinajstić information content (AvgIpc) is 2.45. The molecule has 0 spiro atoms. The molecular weight excluding hydrogens is 331 g/mol. The maximum Gasteiger partial charge on any atom is 0.267 e. The first-order chi connectivity index (χ1) is 10.2. The number of carbonyl (C=O) groups is 1. The van der Waals surface area contributed by atoms with Gasteiger partial charge in [-0.05, 0) is 30.3 Å². The van der Waals surface area contributed by atoms with E-state index in [0.29, 0.717) is 0 Å². The van der Waals surface area contributed by atoms with Gasteiger partial charge in [0.15, 0.2) is 0 Å². The molecule has 0 saturated heterocycles. The number of primary amides is 1. The van der Waals surface area contributed by atoms with Gasteiger partial charge in [0.1, 0.15) is 10.7 Å². The van der Waals surface area contributed by atoms with Gasteiger partial charge in [0.05, 0.1) is 11.3 Å². The van der Waals surface area contributed by atoms with Crippen LogP contribution in [-0.2, 0) is 10.0 Å². The molecule has 0 saturated carbocycles. The van der Waals surface area contributed by atoms with Crippen molar-refractivity contribution in [2.45, 2.75) is 4.90 Å². The molecule has 0 atom stereocenters. The summed E-state index contributed by atoms with van der Waals surface area (Å²) in [6.45, 7) is 0. The van der Waals surface area contributed by atoms with Crippen molar-refractivity contribution < 1.29 is 17.6 Å². The molecule has 0 fully saturated rings. The molecule has 2 aromatic rings. The van der Waals surface area contributed by atoms with Crippen LogP contribution in [0.1, 0.15) is 10.4 Å². The van der Waals surface area contributed by atoms with Crippen molar-refractivity contribution in [1.29, 1.82) is 0 Å². The van der Waals surface area contributed by atoms with Crippen molar-refractivity contribution in [3.63, 3.8) is 0 Å². The number of hydrogen-bond acceptors (Lipinski definition) is 3. The number of nitrogens with two attached hydrogens (primary N) is 1. The summed E-state index contributed by atoms with van der Waals surface area (Å²) >= 11 is 5.62. The Labute approximate surface area is 132 Å². The zero-order valence-corrected chi connectivity index (χ0v) is 13.0. The molecule has 0 radical (unpaired) electrons. The van der Waals surface area contributed by atoms with Crippen molar-refractivity contribution >= 4 is 33.2 Å². The van der Waals surface area contributed by atoms with E-state index in [1.165, 1.54) is 25.2 Å². The average molecular weight is 343 g/mol. The quantitative estimate of drug-likeness (QED) is 0.926. The molecule has 1 amide bonds. The van der Waals surface area contributed by atoms with Crippen molar-refractivity contribution in [1.82, 2.24) is 0 Å². The van der Waals surface area contributed by atoms with E-state index in [4.69, 9.17) is 17.3 Å². The number of amides is 1. The molecule has 2 aromatic carbocycles. The van der Waals surface area contributed by atoms with Gasteiger partial charge in [-0.25, -0.2) is 12.8 Å². The number of anilines is 1. The van der Waals surface area contributed by atoms with Gasteiger partial charge in [0.2, 0.25) is 0 Å². The Kier molecular flexibility index (Phi) is 4.39. The Hall–Kier alpha value is -2.12. The first-order valence-electron chi connectivity index (χ1n) is 6.08. The molecule has 0 aliphatic rings. The predicted octanol–water partition coefficient (Wildman–Crippen LogP) is 2.40. The molecule has 0 aliphatic heterocycles. The van der Waals surface area contributed by atoms with Gasteiger partial charge in [-0.15, -0.1) is 0 Å². The van der Waals surface area contributed by atoms with Crippen LogP contribution in [0.5, 0.6) is 0 Å². The second-order valence-corrected chi connectivity index (χ2v) is 6.80. The normalized spacial score (nSPS) is 11.2.